The first kappa shape index (κ1) is 12.9. The molecule has 0 fully saturated rings. The summed E-state index contributed by atoms with van der Waals surface area (Å²) in [6.07, 6.45) is 1.58. The zero-order chi connectivity index (χ0) is 13.1. The Morgan fingerprint density at radius 2 is 2.28 bits per heavy atom. The van der Waals surface area contributed by atoms with Crippen molar-refractivity contribution in [3.8, 4) is 0 Å². The summed E-state index contributed by atoms with van der Waals surface area (Å²) >= 11 is 1.85. The zero-order valence-corrected chi connectivity index (χ0v) is 11.2. The van der Waals surface area contributed by atoms with Crippen LogP contribution in [0.25, 0.3) is 10.9 Å². The highest BCUT2D eigenvalue weighted by atomic mass is 32.2. The summed E-state index contributed by atoms with van der Waals surface area (Å²) in [6, 6.07) is 5.08. The van der Waals surface area contributed by atoms with Gasteiger partial charge in [0.2, 0.25) is 0 Å². The highest BCUT2D eigenvalue weighted by molar-refractivity contribution is 7.99. The summed E-state index contributed by atoms with van der Waals surface area (Å²) in [6.45, 7) is 5.07. The number of aryl methyl sites for hydroxylation is 1. The van der Waals surface area contributed by atoms with Crippen LogP contribution in [0, 0.1) is 10.1 Å². The first-order valence-corrected chi connectivity index (χ1v) is 6.85. The van der Waals surface area contributed by atoms with Crippen LogP contribution in [0.1, 0.15) is 13.8 Å². The molecule has 0 amide bonds. The van der Waals surface area contributed by atoms with Crippen LogP contribution < -0.4 is 0 Å². The molecular formula is C12H15N3O2S. The lowest BCUT2D eigenvalue weighted by Gasteiger charge is -2.05. The molecule has 0 aliphatic carbocycles. The van der Waals surface area contributed by atoms with Crippen molar-refractivity contribution >= 4 is 28.4 Å². The van der Waals surface area contributed by atoms with E-state index in [1.165, 1.54) is 6.07 Å². The number of nitro benzene ring substituents is 1. The fraction of sp³-hybridized carbons (Fsp3) is 0.417. The van der Waals surface area contributed by atoms with Gasteiger partial charge < -0.3 is 0 Å². The number of rotatable bonds is 5. The van der Waals surface area contributed by atoms with Gasteiger partial charge in [-0.3, -0.25) is 14.8 Å². The van der Waals surface area contributed by atoms with Gasteiger partial charge in [-0.1, -0.05) is 19.9 Å². The third-order valence-corrected chi connectivity index (χ3v) is 3.70. The first-order valence-electron chi connectivity index (χ1n) is 5.80. The van der Waals surface area contributed by atoms with Crippen molar-refractivity contribution in [1.29, 1.82) is 0 Å². The van der Waals surface area contributed by atoms with E-state index in [9.17, 15) is 10.1 Å². The second-order valence-corrected chi connectivity index (χ2v) is 5.94. The molecule has 0 saturated carbocycles. The van der Waals surface area contributed by atoms with Crippen molar-refractivity contribution in [2.75, 3.05) is 5.75 Å². The summed E-state index contributed by atoms with van der Waals surface area (Å²) in [5.41, 5.74) is 0.948. The monoisotopic (exact) mass is 265 g/mol. The topological polar surface area (TPSA) is 61.0 Å². The van der Waals surface area contributed by atoms with Gasteiger partial charge in [0, 0.05) is 11.8 Å². The molecule has 0 radical (unpaired) electrons. The van der Waals surface area contributed by atoms with Crippen molar-refractivity contribution in [2.45, 2.75) is 25.6 Å². The van der Waals surface area contributed by atoms with Crippen LogP contribution in [0.4, 0.5) is 5.69 Å². The van der Waals surface area contributed by atoms with Crippen molar-refractivity contribution in [1.82, 2.24) is 9.78 Å². The molecule has 0 saturated heterocycles. The molecule has 6 heteroatoms. The van der Waals surface area contributed by atoms with Crippen LogP contribution in [0.15, 0.2) is 24.4 Å². The maximum atomic E-state index is 10.9. The molecule has 1 aromatic carbocycles. The quantitative estimate of drug-likeness (QED) is 0.615. The Balaban J connectivity index is 2.26. The molecule has 1 aromatic heterocycles. The number of fused-ring (bicyclic) bond motifs is 1. The van der Waals surface area contributed by atoms with Gasteiger partial charge in [-0.2, -0.15) is 16.9 Å². The molecule has 18 heavy (non-hydrogen) atoms. The third kappa shape index (κ3) is 2.64. The van der Waals surface area contributed by atoms with Gasteiger partial charge >= 0.3 is 0 Å². The number of hydrogen-bond donors (Lipinski definition) is 0. The normalized spacial score (nSPS) is 11.3. The average Bonchev–Trinajstić information content (AvgIpc) is 2.72. The summed E-state index contributed by atoms with van der Waals surface area (Å²) in [5.74, 6) is 0.955. The number of nitrogens with zero attached hydrogens (tertiary/aromatic N) is 3. The zero-order valence-electron chi connectivity index (χ0n) is 10.4. The molecule has 0 unspecified atom stereocenters. The molecule has 2 rings (SSSR count). The molecular weight excluding hydrogens is 250 g/mol. The van der Waals surface area contributed by atoms with E-state index in [1.807, 2.05) is 22.5 Å². The summed E-state index contributed by atoms with van der Waals surface area (Å²) < 4.78 is 1.83. The largest absolute Gasteiger partial charge is 0.280 e. The van der Waals surface area contributed by atoms with Crippen molar-refractivity contribution in [3.05, 3.63) is 34.5 Å². The second-order valence-electron chi connectivity index (χ2n) is 4.25. The molecule has 0 atom stereocenters. The Morgan fingerprint density at radius 3 is 2.94 bits per heavy atom. The van der Waals surface area contributed by atoms with E-state index < -0.39 is 0 Å². The smallest absolute Gasteiger partial charge is 0.264 e. The predicted octanol–water partition coefficient (Wildman–Crippen LogP) is 3.09. The lowest BCUT2D eigenvalue weighted by Crippen LogP contribution is -2.04. The minimum atomic E-state index is -0.364. The number of benzene rings is 1. The Bertz CT molecular complexity index is 565. The van der Waals surface area contributed by atoms with E-state index in [0.29, 0.717) is 10.6 Å². The van der Waals surface area contributed by atoms with E-state index >= 15 is 0 Å². The molecule has 0 spiro atoms. The van der Waals surface area contributed by atoms with Gasteiger partial charge in [-0.25, -0.2) is 0 Å². The molecule has 0 aliphatic heterocycles. The number of non-ortho nitro benzene ring substituents is 1. The predicted molar refractivity (Wildman–Crippen MR) is 74.0 cm³/mol. The minimum absolute atomic E-state index is 0.121. The van der Waals surface area contributed by atoms with Crippen LogP contribution >= 0.6 is 11.8 Å². The lowest BCUT2D eigenvalue weighted by atomic mass is 10.2. The van der Waals surface area contributed by atoms with Crippen LogP contribution in [0.2, 0.25) is 0 Å². The Labute approximate surface area is 109 Å². The molecule has 2 aromatic rings. The third-order valence-electron chi connectivity index (χ3n) is 2.62. The van der Waals surface area contributed by atoms with Crippen LogP contribution in [0.5, 0.6) is 0 Å². The molecule has 5 nitrogen and oxygen atoms in total. The van der Waals surface area contributed by atoms with E-state index in [0.717, 1.165) is 17.8 Å². The lowest BCUT2D eigenvalue weighted by molar-refractivity contribution is -0.383. The number of nitro groups is 1. The van der Waals surface area contributed by atoms with Crippen molar-refractivity contribution in [3.63, 3.8) is 0 Å². The maximum absolute atomic E-state index is 10.9. The van der Waals surface area contributed by atoms with E-state index in [1.54, 1.807) is 12.3 Å². The van der Waals surface area contributed by atoms with Crippen molar-refractivity contribution in [2.24, 2.45) is 0 Å². The van der Waals surface area contributed by atoms with Gasteiger partial charge in [0.25, 0.3) is 5.69 Å². The van der Waals surface area contributed by atoms with E-state index in [4.69, 9.17) is 0 Å². The summed E-state index contributed by atoms with van der Waals surface area (Å²) in [7, 11) is 0. The number of hydrogen-bond acceptors (Lipinski definition) is 4. The number of thioether (sulfide) groups is 1. The Hall–Kier alpha value is -1.56. The standard InChI is InChI=1S/C12H15N3O2S/c1-9(2)18-7-6-14-11-4-3-5-12(15(16)17)10(11)8-13-14/h3-5,8-9H,6-7H2,1-2H3. The number of aromatic nitrogens is 2. The minimum Gasteiger partial charge on any atom is -0.264 e. The highest BCUT2D eigenvalue weighted by Gasteiger charge is 2.14. The van der Waals surface area contributed by atoms with Crippen LogP contribution in [-0.2, 0) is 6.54 Å². The van der Waals surface area contributed by atoms with Crippen molar-refractivity contribution < 1.29 is 4.92 Å². The highest BCUT2D eigenvalue weighted by Crippen LogP contribution is 2.25. The summed E-state index contributed by atoms with van der Waals surface area (Å²) in [5, 5.41) is 16.3. The molecule has 0 N–H and O–H groups in total. The SMILES string of the molecule is CC(C)SCCn1ncc2c([N+](=O)[O-])cccc21. The fourth-order valence-electron chi connectivity index (χ4n) is 1.80. The first-order chi connectivity index (χ1) is 8.59. The van der Waals surface area contributed by atoms with Gasteiger partial charge in [0.1, 0.15) is 0 Å². The molecule has 0 aliphatic rings. The van der Waals surface area contributed by atoms with E-state index in [-0.39, 0.29) is 10.6 Å². The van der Waals surface area contributed by atoms with Gasteiger partial charge in [0.15, 0.2) is 0 Å². The van der Waals surface area contributed by atoms with Crippen LogP contribution in [0.3, 0.4) is 0 Å². The summed E-state index contributed by atoms with van der Waals surface area (Å²) in [4.78, 5) is 10.5. The van der Waals surface area contributed by atoms with Gasteiger partial charge in [-0.05, 0) is 11.3 Å². The van der Waals surface area contributed by atoms with Gasteiger partial charge in [0.05, 0.1) is 28.6 Å². The van der Waals surface area contributed by atoms with E-state index in [2.05, 4.69) is 18.9 Å². The fourth-order valence-corrected chi connectivity index (χ4v) is 2.55. The molecule has 0 bridgehead atoms. The second kappa shape index (κ2) is 5.39. The molecule has 96 valence electrons. The Morgan fingerprint density at radius 1 is 1.50 bits per heavy atom. The average molecular weight is 265 g/mol. The molecule has 1 heterocycles. The maximum Gasteiger partial charge on any atom is 0.280 e. The van der Waals surface area contributed by atoms with Gasteiger partial charge in [-0.15, -0.1) is 0 Å². The Kier molecular flexibility index (Phi) is 3.86. The van der Waals surface area contributed by atoms with Crippen LogP contribution in [-0.4, -0.2) is 25.7 Å².